The molecule has 2 aromatic rings. The van der Waals surface area contributed by atoms with Gasteiger partial charge in [-0.3, -0.25) is 9.59 Å². The summed E-state index contributed by atoms with van der Waals surface area (Å²) < 4.78 is 0. The second-order valence-electron chi connectivity index (χ2n) is 8.04. The second kappa shape index (κ2) is 7.18. The fraction of sp³-hybridized carbons (Fsp3) is 0.391. The van der Waals surface area contributed by atoms with E-state index in [4.69, 9.17) is 0 Å². The minimum absolute atomic E-state index is 0.0541. The van der Waals surface area contributed by atoms with Crippen LogP contribution < -0.4 is 0 Å². The molecule has 4 heteroatoms. The zero-order valence-electron chi connectivity index (χ0n) is 16.2. The van der Waals surface area contributed by atoms with Crippen molar-refractivity contribution in [1.29, 1.82) is 0 Å². The smallest absolute Gasteiger partial charge is 0.314 e. The highest BCUT2D eigenvalue weighted by Crippen LogP contribution is 2.37. The monoisotopic (exact) mass is 365 g/mol. The Morgan fingerprint density at radius 1 is 0.963 bits per heavy atom. The van der Waals surface area contributed by atoms with E-state index >= 15 is 0 Å². The molecule has 0 bridgehead atoms. The maximum Gasteiger partial charge on any atom is 0.314 e. The minimum Gasteiger partial charge on any atom is -0.481 e. The van der Waals surface area contributed by atoms with Gasteiger partial charge in [0.2, 0.25) is 5.91 Å². The first kappa shape index (κ1) is 19.2. The van der Waals surface area contributed by atoms with Crippen LogP contribution >= 0.6 is 0 Å². The van der Waals surface area contributed by atoms with Crippen LogP contribution in [0.2, 0.25) is 0 Å². The molecule has 1 aliphatic rings. The zero-order valence-corrected chi connectivity index (χ0v) is 16.2. The number of hydrogen-bond donors (Lipinski definition) is 1. The Morgan fingerprint density at radius 3 is 2.04 bits per heavy atom. The molecule has 0 aliphatic carbocycles. The highest BCUT2D eigenvalue weighted by atomic mass is 16.4. The summed E-state index contributed by atoms with van der Waals surface area (Å²) in [6.07, 6.45) is 0.865. The fourth-order valence-corrected chi connectivity index (χ4v) is 3.96. The van der Waals surface area contributed by atoms with E-state index in [1.165, 1.54) is 0 Å². The Morgan fingerprint density at radius 2 is 1.52 bits per heavy atom. The van der Waals surface area contributed by atoms with E-state index in [1.807, 2.05) is 80.3 Å². The molecular formula is C23H27NO3. The normalized spacial score (nSPS) is 16.8. The van der Waals surface area contributed by atoms with Crippen LogP contribution in [0, 0.1) is 6.92 Å². The Labute approximate surface area is 160 Å². The van der Waals surface area contributed by atoms with Gasteiger partial charge in [-0.25, -0.2) is 0 Å². The number of aryl methyl sites for hydroxylation is 1. The number of likely N-dealkylation sites (tertiary alicyclic amines) is 1. The molecule has 0 saturated carbocycles. The summed E-state index contributed by atoms with van der Waals surface area (Å²) >= 11 is 0. The number of piperidine rings is 1. The van der Waals surface area contributed by atoms with Crippen molar-refractivity contribution in [3.63, 3.8) is 0 Å². The van der Waals surface area contributed by atoms with Gasteiger partial charge in [-0.15, -0.1) is 0 Å². The van der Waals surface area contributed by atoms with Crippen LogP contribution in [0.5, 0.6) is 0 Å². The highest BCUT2D eigenvalue weighted by Gasteiger charge is 2.45. The summed E-state index contributed by atoms with van der Waals surface area (Å²) in [6.45, 7) is 6.81. The Bertz CT molecular complexity index is 816. The van der Waals surface area contributed by atoms with Crippen LogP contribution in [0.4, 0.5) is 0 Å². The quantitative estimate of drug-likeness (QED) is 0.893. The predicted octanol–water partition coefficient (Wildman–Crippen LogP) is 3.92. The molecular weight excluding hydrogens is 338 g/mol. The average molecular weight is 365 g/mol. The SMILES string of the molecule is Cc1ccc(C(C)(C)C(=O)N2CCC(C(=O)O)(c3ccccc3)CC2)cc1. The Kier molecular flexibility index (Phi) is 5.09. The number of nitrogens with zero attached hydrogens (tertiary/aromatic N) is 1. The molecule has 0 radical (unpaired) electrons. The van der Waals surface area contributed by atoms with Crippen molar-refractivity contribution >= 4 is 11.9 Å². The fourth-order valence-electron chi connectivity index (χ4n) is 3.96. The van der Waals surface area contributed by atoms with Gasteiger partial charge in [0.1, 0.15) is 0 Å². The summed E-state index contributed by atoms with van der Waals surface area (Å²) in [6, 6.07) is 17.4. The van der Waals surface area contributed by atoms with Crippen LogP contribution in [0.3, 0.4) is 0 Å². The van der Waals surface area contributed by atoms with Crippen LogP contribution in [-0.2, 0) is 20.4 Å². The molecule has 0 spiro atoms. The lowest BCUT2D eigenvalue weighted by Gasteiger charge is -2.41. The summed E-state index contributed by atoms with van der Waals surface area (Å²) in [4.78, 5) is 27.1. The molecule has 27 heavy (non-hydrogen) atoms. The van der Waals surface area contributed by atoms with E-state index in [-0.39, 0.29) is 5.91 Å². The van der Waals surface area contributed by atoms with Crippen LogP contribution in [-0.4, -0.2) is 35.0 Å². The van der Waals surface area contributed by atoms with E-state index in [9.17, 15) is 14.7 Å². The third kappa shape index (κ3) is 3.48. The number of benzene rings is 2. The van der Waals surface area contributed by atoms with Crippen molar-refractivity contribution in [3.05, 3.63) is 71.3 Å². The van der Waals surface area contributed by atoms with Crippen LogP contribution in [0.15, 0.2) is 54.6 Å². The van der Waals surface area contributed by atoms with Crippen molar-refractivity contribution in [2.24, 2.45) is 0 Å². The lowest BCUT2D eigenvalue weighted by atomic mass is 9.72. The number of aliphatic carboxylic acids is 1. The third-order valence-electron chi connectivity index (χ3n) is 5.95. The first-order valence-electron chi connectivity index (χ1n) is 9.43. The zero-order chi connectivity index (χ0) is 19.7. The molecule has 1 fully saturated rings. The molecule has 1 aliphatic heterocycles. The first-order valence-corrected chi connectivity index (χ1v) is 9.43. The molecule has 1 amide bonds. The maximum atomic E-state index is 13.2. The summed E-state index contributed by atoms with van der Waals surface area (Å²) in [5.41, 5.74) is 1.42. The van der Waals surface area contributed by atoms with E-state index < -0.39 is 16.8 Å². The van der Waals surface area contributed by atoms with Gasteiger partial charge in [-0.05, 0) is 44.7 Å². The topological polar surface area (TPSA) is 57.6 Å². The number of amides is 1. The average Bonchev–Trinajstić information content (AvgIpc) is 2.68. The number of rotatable bonds is 4. The van der Waals surface area contributed by atoms with Crippen LogP contribution in [0.1, 0.15) is 43.4 Å². The van der Waals surface area contributed by atoms with E-state index in [0.29, 0.717) is 25.9 Å². The van der Waals surface area contributed by atoms with Gasteiger partial charge in [0.25, 0.3) is 0 Å². The van der Waals surface area contributed by atoms with Crippen molar-refractivity contribution in [2.45, 2.75) is 44.4 Å². The molecule has 1 N–H and O–H groups in total. The molecule has 3 rings (SSSR count). The van der Waals surface area contributed by atoms with Gasteiger partial charge in [-0.2, -0.15) is 0 Å². The van der Waals surface area contributed by atoms with E-state index in [0.717, 1.165) is 16.7 Å². The minimum atomic E-state index is -0.911. The standard InChI is InChI=1S/C23H27NO3/c1-17-9-11-18(12-10-17)22(2,3)20(25)24-15-13-23(14-16-24,21(26)27)19-7-5-4-6-8-19/h4-12H,13-16H2,1-3H3,(H,26,27). The largest absolute Gasteiger partial charge is 0.481 e. The molecule has 0 aromatic heterocycles. The molecule has 1 saturated heterocycles. The van der Waals surface area contributed by atoms with Crippen molar-refractivity contribution in [3.8, 4) is 0 Å². The third-order valence-corrected chi connectivity index (χ3v) is 5.95. The number of carbonyl (C=O) groups excluding carboxylic acids is 1. The first-order chi connectivity index (χ1) is 12.8. The number of hydrogen-bond acceptors (Lipinski definition) is 2. The predicted molar refractivity (Wildman–Crippen MR) is 106 cm³/mol. The Balaban J connectivity index is 1.79. The van der Waals surface area contributed by atoms with E-state index in [2.05, 4.69) is 0 Å². The molecule has 2 aromatic carbocycles. The molecule has 0 atom stereocenters. The maximum absolute atomic E-state index is 13.2. The molecule has 4 nitrogen and oxygen atoms in total. The van der Waals surface area contributed by atoms with Crippen LogP contribution in [0.25, 0.3) is 0 Å². The van der Waals surface area contributed by atoms with Gasteiger partial charge in [-0.1, -0.05) is 60.2 Å². The lowest BCUT2D eigenvalue weighted by Crippen LogP contribution is -2.52. The second-order valence-corrected chi connectivity index (χ2v) is 8.04. The van der Waals surface area contributed by atoms with E-state index in [1.54, 1.807) is 0 Å². The highest BCUT2D eigenvalue weighted by molar-refractivity contribution is 5.88. The molecule has 142 valence electrons. The van der Waals surface area contributed by atoms with Crippen molar-refractivity contribution in [2.75, 3.05) is 13.1 Å². The van der Waals surface area contributed by atoms with Gasteiger partial charge in [0.05, 0.1) is 10.8 Å². The molecule has 1 heterocycles. The lowest BCUT2D eigenvalue weighted by molar-refractivity contribution is -0.149. The Hall–Kier alpha value is -2.62. The number of carboxylic acid groups (broad SMARTS) is 1. The molecule has 0 unspecified atom stereocenters. The number of carbonyl (C=O) groups is 2. The van der Waals surface area contributed by atoms with Gasteiger partial charge in [0.15, 0.2) is 0 Å². The summed E-state index contributed by atoms with van der Waals surface area (Å²) in [5.74, 6) is -0.753. The number of carboxylic acids is 1. The van der Waals surface area contributed by atoms with Gasteiger partial charge in [0, 0.05) is 13.1 Å². The summed E-state index contributed by atoms with van der Waals surface area (Å²) in [5, 5.41) is 9.93. The van der Waals surface area contributed by atoms with Crippen molar-refractivity contribution in [1.82, 2.24) is 4.90 Å². The summed E-state index contributed by atoms with van der Waals surface area (Å²) in [7, 11) is 0. The van der Waals surface area contributed by atoms with Gasteiger partial charge < -0.3 is 10.0 Å². The van der Waals surface area contributed by atoms with Crippen molar-refractivity contribution < 1.29 is 14.7 Å². The van der Waals surface area contributed by atoms with Gasteiger partial charge >= 0.3 is 5.97 Å².